The predicted molar refractivity (Wildman–Crippen MR) is 125 cm³/mol. The van der Waals surface area contributed by atoms with Gasteiger partial charge in [0.15, 0.2) is 0 Å². The molecule has 9 heteroatoms. The summed E-state index contributed by atoms with van der Waals surface area (Å²) in [5, 5.41) is 0. The summed E-state index contributed by atoms with van der Waals surface area (Å²) in [7, 11) is -8.25. The van der Waals surface area contributed by atoms with Crippen LogP contribution in [0.15, 0.2) is 60.7 Å². The first kappa shape index (κ1) is 30.1. The minimum absolute atomic E-state index is 0.149. The Morgan fingerprint density at radius 2 is 0.968 bits per heavy atom. The van der Waals surface area contributed by atoms with Crippen LogP contribution in [0.25, 0.3) is 0 Å². The minimum Gasteiger partial charge on any atom is -0.748 e. The average molecular weight is 575 g/mol. The van der Waals surface area contributed by atoms with Crippen LogP contribution >= 0.6 is 0 Å². The maximum Gasteiger partial charge on any atom is 0.0988 e. The van der Waals surface area contributed by atoms with Gasteiger partial charge in [-0.2, -0.15) is 0 Å². The molecule has 31 heavy (non-hydrogen) atoms. The van der Waals surface area contributed by atoms with Crippen molar-refractivity contribution < 1.29 is 25.9 Å². The van der Waals surface area contributed by atoms with Crippen LogP contribution in [0.2, 0.25) is 8.87 Å². The fourth-order valence-corrected chi connectivity index (χ4v) is 7.65. The molecule has 2 aromatic rings. The average Bonchev–Trinajstić information content (AvgIpc) is 2.68. The molecular weight excluding hydrogens is 543 g/mol. The van der Waals surface area contributed by atoms with Crippen LogP contribution in [0.5, 0.6) is 0 Å². The van der Waals surface area contributed by atoms with Gasteiger partial charge >= 0.3 is 69.5 Å². The first-order valence-corrected chi connectivity index (χ1v) is 17.4. The standard InChI is InChI=1S/2C7H8O3S.2C4H9.Sn/c2*8-11(9,10)6-7-4-2-1-3-5-7;2*1-3-4-2;/h2*1-5H,6H2,(H,8,9,10);2*1,3-4H2,2H3;/q;;;;+2/p-2. The van der Waals surface area contributed by atoms with Crippen molar-refractivity contribution in [1.29, 1.82) is 0 Å². The summed E-state index contributed by atoms with van der Waals surface area (Å²) in [6.45, 7) is 4.58. The number of benzene rings is 2. The quantitative estimate of drug-likeness (QED) is 0.233. The molecule has 0 N–H and O–H groups in total. The summed E-state index contributed by atoms with van der Waals surface area (Å²) in [5.74, 6) is -0.846. The number of hydrogen-bond acceptors (Lipinski definition) is 6. The molecule has 0 radical (unpaired) electrons. The topological polar surface area (TPSA) is 114 Å². The second kappa shape index (κ2) is 17.6. The number of unbranched alkanes of at least 4 members (excludes halogenated alkanes) is 2. The molecule has 0 amide bonds. The van der Waals surface area contributed by atoms with Gasteiger partial charge in [-0.15, -0.1) is 0 Å². The molecular formula is C22H32O6S2Sn. The Bertz CT molecular complexity index is 811. The van der Waals surface area contributed by atoms with E-state index in [4.69, 9.17) is 0 Å². The van der Waals surface area contributed by atoms with Gasteiger partial charge in [-0.05, 0) is 11.1 Å². The molecule has 0 spiro atoms. The van der Waals surface area contributed by atoms with Crippen LogP contribution in [-0.2, 0) is 31.7 Å². The maximum atomic E-state index is 10.2. The summed E-state index contributed by atoms with van der Waals surface area (Å²) >= 11 is 0.149. The second-order valence-electron chi connectivity index (χ2n) is 6.83. The fourth-order valence-electron chi connectivity index (χ4n) is 2.29. The second-order valence-corrected chi connectivity index (χ2v) is 13.9. The number of rotatable bonds is 10. The van der Waals surface area contributed by atoms with Crippen LogP contribution in [-0.4, -0.2) is 47.1 Å². The van der Waals surface area contributed by atoms with E-state index in [-0.39, 0.29) is 21.1 Å². The van der Waals surface area contributed by atoms with Crippen molar-refractivity contribution in [3.63, 3.8) is 0 Å². The molecule has 0 bridgehead atoms. The van der Waals surface area contributed by atoms with Crippen molar-refractivity contribution in [3.05, 3.63) is 71.8 Å². The summed E-state index contributed by atoms with van der Waals surface area (Å²) in [5.41, 5.74) is 1.06. The van der Waals surface area contributed by atoms with Crippen LogP contribution in [0.4, 0.5) is 0 Å². The van der Waals surface area contributed by atoms with E-state index in [1.807, 2.05) is 0 Å². The number of hydrogen-bond donors (Lipinski definition) is 0. The summed E-state index contributed by atoms with van der Waals surface area (Å²) < 4.78 is 64.7. The molecule has 0 aliphatic heterocycles. The summed E-state index contributed by atoms with van der Waals surface area (Å²) in [6.07, 6.45) is 5.84. The van der Waals surface area contributed by atoms with Crippen molar-refractivity contribution >= 4 is 41.4 Å². The van der Waals surface area contributed by atoms with Crippen LogP contribution in [0, 0.1) is 0 Å². The molecule has 0 fully saturated rings. The van der Waals surface area contributed by atoms with Gasteiger partial charge < -0.3 is 9.11 Å². The Morgan fingerprint density at radius 1 is 0.645 bits per heavy atom. The Hall–Kier alpha value is -0.941. The third-order valence-electron chi connectivity index (χ3n) is 3.79. The first-order valence-electron chi connectivity index (χ1n) is 10.2. The van der Waals surface area contributed by atoms with Gasteiger partial charge in [0.2, 0.25) is 0 Å². The van der Waals surface area contributed by atoms with Crippen molar-refractivity contribution in [2.75, 3.05) is 0 Å². The molecule has 172 valence electrons. The molecule has 2 rings (SSSR count). The van der Waals surface area contributed by atoms with Gasteiger partial charge in [0, 0.05) is 0 Å². The molecule has 0 aliphatic rings. The van der Waals surface area contributed by atoms with E-state index in [9.17, 15) is 25.9 Å². The zero-order chi connectivity index (χ0) is 23.6. The van der Waals surface area contributed by atoms with Crippen molar-refractivity contribution in [1.82, 2.24) is 0 Å². The molecule has 0 aromatic heterocycles. The molecule has 0 atom stereocenters. The third kappa shape index (κ3) is 22.1. The van der Waals surface area contributed by atoms with E-state index in [1.54, 1.807) is 69.5 Å². The van der Waals surface area contributed by atoms with E-state index in [0.717, 1.165) is 0 Å². The Labute approximate surface area is 198 Å². The van der Waals surface area contributed by atoms with Gasteiger partial charge in [-0.3, -0.25) is 0 Å². The molecule has 0 saturated heterocycles. The Morgan fingerprint density at radius 3 is 1.23 bits per heavy atom. The van der Waals surface area contributed by atoms with E-state index < -0.39 is 31.7 Å². The van der Waals surface area contributed by atoms with Crippen molar-refractivity contribution in [3.8, 4) is 0 Å². The molecule has 2 aromatic carbocycles. The van der Waals surface area contributed by atoms with E-state index in [1.165, 1.54) is 25.7 Å². The van der Waals surface area contributed by atoms with Crippen molar-refractivity contribution in [2.24, 2.45) is 0 Å². The van der Waals surface area contributed by atoms with Crippen LogP contribution in [0.3, 0.4) is 0 Å². The largest absolute Gasteiger partial charge is 0.748 e. The van der Waals surface area contributed by atoms with E-state index in [2.05, 4.69) is 13.8 Å². The SMILES string of the molecule is CCC[CH2][Sn+2][CH2]CCC.O=S(=O)([O-])Cc1ccccc1.O=S(=O)([O-])Cc1ccccc1. The van der Waals surface area contributed by atoms with Gasteiger partial charge in [-0.1, -0.05) is 60.7 Å². The predicted octanol–water partition coefficient (Wildman–Crippen LogP) is 4.59. The van der Waals surface area contributed by atoms with Gasteiger partial charge in [0.25, 0.3) is 0 Å². The van der Waals surface area contributed by atoms with Gasteiger partial charge in [0.1, 0.15) is 0 Å². The van der Waals surface area contributed by atoms with Gasteiger partial charge in [0.05, 0.1) is 31.7 Å². The summed E-state index contributed by atoms with van der Waals surface area (Å²) in [6, 6.07) is 16.7. The smallest absolute Gasteiger partial charge is 0.0988 e. The summed E-state index contributed by atoms with van der Waals surface area (Å²) in [4.78, 5) is 0. The molecule has 0 aliphatic carbocycles. The minimum atomic E-state index is -4.13. The van der Waals surface area contributed by atoms with E-state index >= 15 is 0 Å². The third-order valence-corrected chi connectivity index (χ3v) is 9.20. The molecule has 0 heterocycles. The normalized spacial score (nSPS) is 10.7. The maximum absolute atomic E-state index is 10.2. The van der Waals surface area contributed by atoms with E-state index in [0.29, 0.717) is 11.1 Å². The Balaban J connectivity index is 0.000000439. The zero-order valence-corrected chi connectivity index (χ0v) is 22.7. The van der Waals surface area contributed by atoms with Crippen LogP contribution < -0.4 is 0 Å². The molecule has 0 saturated carbocycles. The van der Waals surface area contributed by atoms with Crippen molar-refractivity contribution in [2.45, 2.75) is 59.9 Å². The monoisotopic (exact) mass is 576 g/mol. The first-order chi connectivity index (χ1) is 14.6. The fraction of sp³-hybridized carbons (Fsp3) is 0.455. The molecule has 0 unspecified atom stereocenters. The van der Waals surface area contributed by atoms with Crippen LogP contribution in [0.1, 0.15) is 50.7 Å². The molecule has 6 nitrogen and oxygen atoms in total. The van der Waals surface area contributed by atoms with Gasteiger partial charge in [-0.25, -0.2) is 16.8 Å². The zero-order valence-electron chi connectivity index (χ0n) is 18.2. The Kier molecular flexibility index (Phi) is 17.1.